The lowest BCUT2D eigenvalue weighted by atomic mass is 9.94. The molecule has 1 saturated heterocycles. The van der Waals surface area contributed by atoms with E-state index < -0.39 is 18.1 Å². The number of carbonyl (C=O) groups excluding carboxylic acids is 3. The molecule has 1 heterocycles. The van der Waals surface area contributed by atoms with Gasteiger partial charge in [0, 0.05) is 24.8 Å². The number of fused-ring (bicyclic) bond motifs is 1. The average Bonchev–Trinajstić information content (AvgIpc) is 3.31. The molecule has 1 amide bonds. The van der Waals surface area contributed by atoms with E-state index in [2.05, 4.69) is 0 Å². The maximum atomic E-state index is 12.9. The van der Waals surface area contributed by atoms with E-state index in [0.717, 1.165) is 11.1 Å². The summed E-state index contributed by atoms with van der Waals surface area (Å²) in [5.41, 5.74) is 1.73. The Labute approximate surface area is 169 Å². The Morgan fingerprint density at radius 1 is 0.897 bits per heavy atom. The zero-order chi connectivity index (χ0) is 20.2. The van der Waals surface area contributed by atoms with Gasteiger partial charge in [-0.2, -0.15) is 0 Å². The molecule has 6 nitrogen and oxygen atoms in total. The number of likely N-dealkylation sites (tertiary alicyclic amines) is 1. The zero-order valence-corrected chi connectivity index (χ0v) is 16.0. The summed E-state index contributed by atoms with van der Waals surface area (Å²) in [6, 6.07) is 17.9. The summed E-state index contributed by atoms with van der Waals surface area (Å²) >= 11 is 0. The van der Waals surface area contributed by atoms with Crippen LogP contribution in [0.1, 0.15) is 24.0 Å². The molecule has 1 saturated carbocycles. The Morgan fingerprint density at radius 3 is 2.10 bits per heavy atom. The largest absolute Gasteiger partial charge is 0.459 e. The number of carbonyl (C=O) groups is 3. The van der Waals surface area contributed by atoms with Crippen molar-refractivity contribution in [2.75, 3.05) is 6.54 Å². The van der Waals surface area contributed by atoms with Gasteiger partial charge in [0.15, 0.2) is 0 Å². The zero-order valence-electron chi connectivity index (χ0n) is 16.0. The highest BCUT2D eigenvalue weighted by Crippen LogP contribution is 2.41. The van der Waals surface area contributed by atoms with Crippen LogP contribution in [0, 0.1) is 11.8 Å². The SMILES string of the molecule is O=C1CC[C@H]2[C@@H]1CN(C(=O)OCc1ccccc1)[C@@H]2C(=O)OCc1ccccc1. The van der Waals surface area contributed by atoms with Gasteiger partial charge < -0.3 is 9.47 Å². The topological polar surface area (TPSA) is 72.9 Å². The number of hydrogen-bond acceptors (Lipinski definition) is 5. The van der Waals surface area contributed by atoms with Crippen LogP contribution in [0.25, 0.3) is 0 Å². The van der Waals surface area contributed by atoms with Crippen molar-refractivity contribution in [3.8, 4) is 0 Å². The Hall–Kier alpha value is -3.15. The molecule has 2 aromatic carbocycles. The maximum Gasteiger partial charge on any atom is 0.410 e. The molecule has 2 fully saturated rings. The highest BCUT2D eigenvalue weighted by molar-refractivity contribution is 5.90. The number of amides is 1. The number of benzene rings is 2. The van der Waals surface area contributed by atoms with Crippen LogP contribution in [0.2, 0.25) is 0 Å². The number of nitrogens with zero attached hydrogens (tertiary/aromatic N) is 1. The lowest BCUT2D eigenvalue weighted by Crippen LogP contribution is -2.44. The van der Waals surface area contributed by atoms with Crippen LogP contribution in [0.4, 0.5) is 4.79 Å². The smallest absolute Gasteiger partial charge is 0.410 e. The second kappa shape index (κ2) is 8.47. The minimum absolute atomic E-state index is 0.106. The standard InChI is InChI=1S/C23H23NO5/c25-20-12-11-18-19(20)13-24(23(27)29-15-17-9-5-2-6-10-17)21(18)22(26)28-14-16-7-3-1-4-8-16/h1-10,18-19,21H,11-15H2/t18-,19-,21-/m0/s1. The van der Waals surface area contributed by atoms with E-state index in [-0.39, 0.29) is 37.4 Å². The number of Topliss-reactive ketones (excluding diaryl/α,β-unsaturated/α-hetero) is 1. The van der Waals surface area contributed by atoms with Crippen molar-refractivity contribution < 1.29 is 23.9 Å². The summed E-state index contributed by atoms with van der Waals surface area (Å²) < 4.78 is 10.9. The molecule has 3 atom stereocenters. The molecule has 1 aliphatic carbocycles. The number of esters is 1. The van der Waals surface area contributed by atoms with E-state index in [1.165, 1.54) is 4.90 Å². The minimum Gasteiger partial charge on any atom is -0.459 e. The number of rotatable bonds is 5. The van der Waals surface area contributed by atoms with Crippen molar-refractivity contribution in [3.05, 3.63) is 71.8 Å². The molecule has 2 aromatic rings. The maximum absolute atomic E-state index is 12.9. The Morgan fingerprint density at radius 2 is 1.48 bits per heavy atom. The van der Waals surface area contributed by atoms with Gasteiger partial charge in [0.2, 0.25) is 0 Å². The fourth-order valence-corrected chi connectivity index (χ4v) is 4.21. The highest BCUT2D eigenvalue weighted by atomic mass is 16.6. The minimum atomic E-state index is -0.779. The molecule has 4 rings (SSSR count). The summed E-state index contributed by atoms with van der Waals surface area (Å²) in [6.45, 7) is 0.460. The lowest BCUT2D eigenvalue weighted by molar-refractivity contribution is -0.151. The third-order valence-corrected chi connectivity index (χ3v) is 5.69. The van der Waals surface area contributed by atoms with Gasteiger partial charge in [-0.1, -0.05) is 60.7 Å². The van der Waals surface area contributed by atoms with Crippen molar-refractivity contribution in [1.82, 2.24) is 4.90 Å². The van der Waals surface area contributed by atoms with Gasteiger partial charge in [0.1, 0.15) is 25.0 Å². The van der Waals surface area contributed by atoms with E-state index in [9.17, 15) is 14.4 Å². The van der Waals surface area contributed by atoms with Crippen molar-refractivity contribution >= 4 is 17.8 Å². The monoisotopic (exact) mass is 393 g/mol. The molecule has 0 radical (unpaired) electrons. The van der Waals surface area contributed by atoms with Crippen LogP contribution >= 0.6 is 0 Å². The van der Waals surface area contributed by atoms with Gasteiger partial charge in [-0.25, -0.2) is 9.59 Å². The van der Waals surface area contributed by atoms with E-state index >= 15 is 0 Å². The quantitative estimate of drug-likeness (QED) is 0.729. The molecule has 0 unspecified atom stereocenters. The number of hydrogen-bond donors (Lipinski definition) is 0. The van der Waals surface area contributed by atoms with Crippen LogP contribution in [0.3, 0.4) is 0 Å². The van der Waals surface area contributed by atoms with Crippen LogP contribution in [-0.2, 0) is 32.3 Å². The molecule has 29 heavy (non-hydrogen) atoms. The first kappa shape index (κ1) is 19.2. The van der Waals surface area contributed by atoms with Gasteiger partial charge in [-0.15, -0.1) is 0 Å². The third-order valence-electron chi connectivity index (χ3n) is 5.69. The molecule has 0 bridgehead atoms. The molecule has 0 aromatic heterocycles. The molecule has 6 heteroatoms. The van der Waals surface area contributed by atoms with Crippen molar-refractivity contribution in [3.63, 3.8) is 0 Å². The first-order valence-corrected chi connectivity index (χ1v) is 9.84. The molecule has 0 N–H and O–H groups in total. The van der Waals surface area contributed by atoms with Crippen molar-refractivity contribution in [1.29, 1.82) is 0 Å². The van der Waals surface area contributed by atoms with Crippen molar-refractivity contribution in [2.45, 2.75) is 32.1 Å². The first-order valence-electron chi connectivity index (χ1n) is 9.84. The normalized spacial score (nSPS) is 23.0. The number of ketones is 1. The molecule has 0 spiro atoms. The Kier molecular flexibility index (Phi) is 5.60. The van der Waals surface area contributed by atoms with Crippen LogP contribution in [-0.4, -0.2) is 35.3 Å². The van der Waals surface area contributed by atoms with E-state index in [1.807, 2.05) is 60.7 Å². The van der Waals surface area contributed by atoms with E-state index in [4.69, 9.17) is 9.47 Å². The summed E-state index contributed by atoms with van der Waals surface area (Å²) in [5.74, 6) is -0.884. The van der Waals surface area contributed by atoms with E-state index in [0.29, 0.717) is 12.8 Å². The molecule has 2 aliphatic rings. The van der Waals surface area contributed by atoms with E-state index in [1.54, 1.807) is 0 Å². The van der Waals surface area contributed by atoms with Gasteiger partial charge in [-0.3, -0.25) is 9.69 Å². The lowest BCUT2D eigenvalue weighted by Gasteiger charge is -2.25. The summed E-state index contributed by atoms with van der Waals surface area (Å²) in [6.07, 6.45) is 0.458. The van der Waals surface area contributed by atoms with Crippen molar-refractivity contribution in [2.24, 2.45) is 11.8 Å². The molecular formula is C23H23NO5. The summed E-state index contributed by atoms with van der Waals surface area (Å²) in [5, 5.41) is 0. The van der Waals surface area contributed by atoms with Gasteiger partial charge in [0.05, 0.1) is 0 Å². The predicted octanol–water partition coefficient (Wildman–Crippen LogP) is 3.35. The summed E-state index contributed by atoms with van der Waals surface area (Å²) in [4.78, 5) is 39.2. The second-order valence-electron chi connectivity index (χ2n) is 7.51. The predicted molar refractivity (Wildman–Crippen MR) is 105 cm³/mol. The average molecular weight is 393 g/mol. The molecule has 1 aliphatic heterocycles. The third kappa shape index (κ3) is 4.16. The van der Waals surface area contributed by atoms with Gasteiger partial charge in [-0.05, 0) is 17.5 Å². The Balaban J connectivity index is 1.44. The summed E-state index contributed by atoms with van der Waals surface area (Å²) in [7, 11) is 0. The van der Waals surface area contributed by atoms with Crippen LogP contribution < -0.4 is 0 Å². The fraction of sp³-hybridized carbons (Fsp3) is 0.348. The number of ether oxygens (including phenoxy) is 2. The first-order chi connectivity index (χ1) is 14.1. The van der Waals surface area contributed by atoms with Gasteiger partial charge in [0.25, 0.3) is 0 Å². The molecule has 150 valence electrons. The highest BCUT2D eigenvalue weighted by Gasteiger charge is 2.54. The fourth-order valence-electron chi connectivity index (χ4n) is 4.21. The molecular weight excluding hydrogens is 370 g/mol. The Bertz CT molecular complexity index is 883. The van der Waals surface area contributed by atoms with Crippen LogP contribution in [0.5, 0.6) is 0 Å². The second-order valence-corrected chi connectivity index (χ2v) is 7.51. The van der Waals surface area contributed by atoms with Crippen LogP contribution in [0.15, 0.2) is 60.7 Å². The van der Waals surface area contributed by atoms with Gasteiger partial charge >= 0.3 is 12.1 Å².